The van der Waals surface area contributed by atoms with Crippen LogP contribution in [0, 0.1) is 5.92 Å². The Morgan fingerprint density at radius 1 is 1.14 bits per heavy atom. The average Bonchev–Trinajstić information content (AvgIpc) is 2.92. The van der Waals surface area contributed by atoms with E-state index in [9.17, 15) is 24.0 Å². The van der Waals surface area contributed by atoms with Gasteiger partial charge in [-0.1, -0.05) is 26.0 Å². The molecular formula is C19H22ClN3O6. The SMILES string of the molecule is CC(C)C(N)C(=O)OCN1C(=O)CCC(N2C(=O)c3ccccc3C2=O)C1=O.Cl. The smallest absolute Gasteiger partial charge is 0.324 e. The Hall–Kier alpha value is -2.78. The van der Waals surface area contributed by atoms with Gasteiger partial charge >= 0.3 is 5.97 Å². The van der Waals surface area contributed by atoms with E-state index in [-0.39, 0.29) is 42.3 Å². The molecular weight excluding hydrogens is 402 g/mol. The number of rotatable bonds is 5. The third-order valence-corrected chi connectivity index (χ3v) is 4.95. The van der Waals surface area contributed by atoms with Crippen LogP contribution in [0.15, 0.2) is 24.3 Å². The summed E-state index contributed by atoms with van der Waals surface area (Å²) in [6.07, 6.45) is -0.0311. The first-order valence-corrected chi connectivity index (χ1v) is 8.97. The molecule has 1 saturated heterocycles. The minimum absolute atomic E-state index is 0. The summed E-state index contributed by atoms with van der Waals surface area (Å²) in [6, 6.07) is 4.28. The number of hydrogen-bond donors (Lipinski definition) is 1. The second kappa shape index (κ2) is 8.71. The van der Waals surface area contributed by atoms with E-state index in [4.69, 9.17) is 10.5 Å². The maximum atomic E-state index is 12.8. The number of halogens is 1. The monoisotopic (exact) mass is 423 g/mol. The van der Waals surface area contributed by atoms with Crippen LogP contribution in [0.2, 0.25) is 0 Å². The van der Waals surface area contributed by atoms with Crippen molar-refractivity contribution >= 4 is 42.0 Å². The first-order valence-electron chi connectivity index (χ1n) is 8.97. The van der Waals surface area contributed by atoms with Crippen molar-refractivity contribution < 1.29 is 28.7 Å². The molecule has 1 aromatic rings. The van der Waals surface area contributed by atoms with E-state index in [0.717, 1.165) is 9.80 Å². The minimum Gasteiger partial charge on any atom is -0.443 e. The number of imide groups is 2. The van der Waals surface area contributed by atoms with Crippen molar-refractivity contribution in [2.24, 2.45) is 11.7 Å². The number of fused-ring (bicyclic) bond motifs is 1. The van der Waals surface area contributed by atoms with Crippen molar-refractivity contribution in [3.05, 3.63) is 35.4 Å². The van der Waals surface area contributed by atoms with Gasteiger partial charge in [0.25, 0.3) is 17.7 Å². The summed E-state index contributed by atoms with van der Waals surface area (Å²) in [7, 11) is 0. The number of carbonyl (C=O) groups is 5. The van der Waals surface area contributed by atoms with Gasteiger partial charge in [0.1, 0.15) is 12.1 Å². The highest BCUT2D eigenvalue weighted by molar-refractivity contribution is 6.23. The summed E-state index contributed by atoms with van der Waals surface area (Å²) in [5.74, 6) is -3.36. The number of benzene rings is 1. The Morgan fingerprint density at radius 2 is 1.69 bits per heavy atom. The van der Waals surface area contributed by atoms with Crippen LogP contribution in [0.3, 0.4) is 0 Å². The number of nitrogens with two attached hydrogens (primary N) is 1. The zero-order chi connectivity index (χ0) is 20.6. The van der Waals surface area contributed by atoms with Gasteiger partial charge < -0.3 is 10.5 Å². The molecule has 2 aliphatic rings. The molecule has 0 radical (unpaired) electrons. The van der Waals surface area contributed by atoms with Gasteiger partial charge in [-0.3, -0.25) is 28.9 Å². The number of nitrogens with zero attached hydrogens (tertiary/aromatic N) is 2. The molecule has 3 rings (SSSR count). The summed E-state index contributed by atoms with van der Waals surface area (Å²) < 4.78 is 5.00. The molecule has 4 amide bonds. The number of carbonyl (C=O) groups excluding carboxylic acids is 5. The van der Waals surface area contributed by atoms with E-state index in [2.05, 4.69) is 0 Å². The van der Waals surface area contributed by atoms with Crippen LogP contribution < -0.4 is 5.73 Å². The molecule has 2 aliphatic heterocycles. The van der Waals surface area contributed by atoms with E-state index < -0.39 is 48.4 Å². The maximum absolute atomic E-state index is 12.8. The standard InChI is InChI=1S/C19H21N3O6.ClH/c1-10(2)15(20)19(27)28-9-21-14(23)8-7-13(18(21)26)22-16(24)11-5-3-4-6-12(11)17(22)25;/h3-6,10,13,15H,7-9,20H2,1-2H3;1H. The van der Waals surface area contributed by atoms with Crippen LogP contribution >= 0.6 is 12.4 Å². The molecule has 29 heavy (non-hydrogen) atoms. The zero-order valence-electron chi connectivity index (χ0n) is 16.0. The third kappa shape index (κ3) is 4.01. The van der Waals surface area contributed by atoms with Gasteiger partial charge in [0.15, 0.2) is 6.73 Å². The fraction of sp³-hybridized carbons (Fsp3) is 0.421. The molecule has 9 nitrogen and oxygen atoms in total. The highest BCUT2D eigenvalue weighted by Crippen LogP contribution is 2.29. The zero-order valence-corrected chi connectivity index (χ0v) is 16.8. The van der Waals surface area contributed by atoms with E-state index in [1.165, 1.54) is 12.1 Å². The quantitative estimate of drug-likeness (QED) is 0.545. The topological polar surface area (TPSA) is 127 Å². The van der Waals surface area contributed by atoms with Gasteiger partial charge in [0.2, 0.25) is 5.91 Å². The van der Waals surface area contributed by atoms with Crippen LogP contribution in [0.1, 0.15) is 47.4 Å². The van der Waals surface area contributed by atoms with Gasteiger partial charge in [-0.2, -0.15) is 0 Å². The molecule has 0 aliphatic carbocycles. The predicted octanol–water partition coefficient (Wildman–Crippen LogP) is 0.706. The summed E-state index contributed by atoms with van der Waals surface area (Å²) in [6.45, 7) is 2.87. The first kappa shape index (κ1) is 22.5. The molecule has 2 heterocycles. The fourth-order valence-electron chi connectivity index (χ4n) is 3.18. The fourth-order valence-corrected chi connectivity index (χ4v) is 3.18. The molecule has 10 heteroatoms. The molecule has 1 aromatic carbocycles. The molecule has 2 atom stereocenters. The van der Waals surface area contributed by atoms with Gasteiger partial charge in [0, 0.05) is 6.42 Å². The molecule has 0 saturated carbocycles. The number of piperidine rings is 1. The first-order chi connectivity index (χ1) is 13.2. The molecule has 156 valence electrons. The number of esters is 1. The number of likely N-dealkylation sites (tertiary alicyclic amines) is 1. The van der Waals surface area contributed by atoms with Crippen molar-refractivity contribution in [2.75, 3.05) is 6.73 Å². The Labute approximate surface area is 173 Å². The maximum Gasteiger partial charge on any atom is 0.324 e. The summed E-state index contributed by atoms with van der Waals surface area (Å²) in [5, 5.41) is 0. The molecule has 0 aromatic heterocycles. The van der Waals surface area contributed by atoms with Gasteiger partial charge in [-0.15, -0.1) is 12.4 Å². The largest absolute Gasteiger partial charge is 0.443 e. The van der Waals surface area contributed by atoms with Crippen LogP contribution in [0.4, 0.5) is 0 Å². The predicted molar refractivity (Wildman–Crippen MR) is 103 cm³/mol. The van der Waals surface area contributed by atoms with Crippen LogP contribution in [-0.4, -0.2) is 58.2 Å². The number of hydrogen-bond acceptors (Lipinski definition) is 7. The van der Waals surface area contributed by atoms with Crippen LogP contribution in [0.25, 0.3) is 0 Å². The lowest BCUT2D eigenvalue weighted by Gasteiger charge is -2.34. The third-order valence-electron chi connectivity index (χ3n) is 4.95. The highest BCUT2D eigenvalue weighted by atomic mass is 35.5. The second-order valence-electron chi connectivity index (χ2n) is 7.10. The van der Waals surface area contributed by atoms with E-state index >= 15 is 0 Å². The Morgan fingerprint density at radius 3 is 2.21 bits per heavy atom. The summed E-state index contributed by atoms with van der Waals surface area (Å²) in [5.41, 5.74) is 6.14. The van der Waals surface area contributed by atoms with Gasteiger partial charge in [-0.05, 0) is 24.5 Å². The van der Waals surface area contributed by atoms with E-state index in [1.54, 1.807) is 26.0 Å². The summed E-state index contributed by atoms with van der Waals surface area (Å²) >= 11 is 0. The minimum atomic E-state index is -1.12. The van der Waals surface area contributed by atoms with Crippen molar-refractivity contribution in [3.63, 3.8) is 0 Å². The number of amides is 4. The molecule has 1 fully saturated rings. The molecule has 0 bridgehead atoms. The lowest BCUT2D eigenvalue weighted by molar-refractivity contribution is -0.164. The lowest BCUT2D eigenvalue weighted by atomic mass is 10.0. The highest BCUT2D eigenvalue weighted by Gasteiger charge is 2.47. The number of ether oxygens (including phenoxy) is 1. The summed E-state index contributed by atoms with van der Waals surface area (Å²) in [4.78, 5) is 63.8. The van der Waals surface area contributed by atoms with Crippen molar-refractivity contribution in [1.29, 1.82) is 0 Å². The van der Waals surface area contributed by atoms with E-state index in [0.29, 0.717) is 0 Å². The van der Waals surface area contributed by atoms with Gasteiger partial charge in [-0.25, -0.2) is 4.90 Å². The van der Waals surface area contributed by atoms with Crippen molar-refractivity contribution in [2.45, 2.75) is 38.8 Å². The Balaban J connectivity index is 0.00000300. The van der Waals surface area contributed by atoms with Gasteiger partial charge in [0.05, 0.1) is 11.1 Å². The average molecular weight is 424 g/mol. The molecule has 2 N–H and O–H groups in total. The normalized spacial score (nSPS) is 19.9. The van der Waals surface area contributed by atoms with Crippen LogP contribution in [-0.2, 0) is 19.1 Å². The van der Waals surface area contributed by atoms with E-state index in [1.807, 2.05) is 0 Å². The molecule has 0 spiro atoms. The van der Waals surface area contributed by atoms with Crippen LogP contribution in [0.5, 0.6) is 0 Å². The Kier molecular flexibility index (Phi) is 6.76. The Bertz CT molecular complexity index is 836. The lowest BCUT2D eigenvalue weighted by Crippen LogP contribution is -2.56. The van der Waals surface area contributed by atoms with Crippen molar-refractivity contribution in [1.82, 2.24) is 9.80 Å². The second-order valence-corrected chi connectivity index (χ2v) is 7.10. The molecule has 2 unspecified atom stereocenters. The van der Waals surface area contributed by atoms with Crippen molar-refractivity contribution in [3.8, 4) is 0 Å².